The number of benzene rings is 1. The molecule has 0 unspecified atom stereocenters. The number of hydrogen-bond donors (Lipinski definition) is 0. The summed E-state index contributed by atoms with van der Waals surface area (Å²) in [6, 6.07) is 7.85. The summed E-state index contributed by atoms with van der Waals surface area (Å²) >= 11 is 7.50. The smallest absolute Gasteiger partial charge is 0.303 e. The fourth-order valence-electron chi connectivity index (χ4n) is 3.30. The fourth-order valence-corrected chi connectivity index (χ4v) is 4.67. The second-order valence-corrected chi connectivity index (χ2v) is 8.64. The van der Waals surface area contributed by atoms with Gasteiger partial charge in [0.15, 0.2) is 23.7 Å². The van der Waals surface area contributed by atoms with Crippen LogP contribution in [-0.2, 0) is 28.6 Å². The molecule has 2 aromatic rings. The zero-order chi connectivity index (χ0) is 24.1. The summed E-state index contributed by atoms with van der Waals surface area (Å²) in [7, 11) is 0. The second kappa shape index (κ2) is 10.8. The van der Waals surface area contributed by atoms with Crippen molar-refractivity contribution in [1.82, 2.24) is 4.98 Å². The predicted molar refractivity (Wildman–Crippen MR) is 118 cm³/mol. The lowest BCUT2D eigenvalue weighted by Gasteiger charge is -2.40. The van der Waals surface area contributed by atoms with Gasteiger partial charge in [-0.3, -0.25) is 14.4 Å². The molecule has 0 radical (unpaired) electrons. The van der Waals surface area contributed by atoms with Crippen LogP contribution < -0.4 is 4.74 Å². The molecule has 0 amide bonds. The highest BCUT2D eigenvalue weighted by Crippen LogP contribution is 2.38. The number of carbonyl (C=O) groups excluding carboxylic acids is 3. The van der Waals surface area contributed by atoms with Crippen LogP contribution in [0.15, 0.2) is 36.5 Å². The molecule has 0 bridgehead atoms. The largest absolute Gasteiger partial charge is 0.474 e. The van der Waals surface area contributed by atoms with Crippen LogP contribution in [0.5, 0.6) is 5.75 Å². The van der Waals surface area contributed by atoms with Gasteiger partial charge in [0.05, 0.1) is 5.02 Å². The van der Waals surface area contributed by atoms with E-state index < -0.39 is 47.6 Å². The normalized spacial score (nSPS) is 22.2. The fraction of sp³-hybridized carbons (Fsp3) is 0.364. The van der Waals surface area contributed by atoms with Crippen molar-refractivity contribution in [2.24, 2.45) is 0 Å². The van der Waals surface area contributed by atoms with Crippen LogP contribution in [0.3, 0.4) is 0 Å². The molecule has 33 heavy (non-hydrogen) atoms. The number of nitrogens with zero attached hydrogens (tertiary/aromatic N) is 1. The van der Waals surface area contributed by atoms with Crippen molar-refractivity contribution in [3.05, 3.63) is 47.5 Å². The molecule has 2 heterocycles. The molecule has 11 heteroatoms. The summed E-state index contributed by atoms with van der Waals surface area (Å²) < 4.78 is 36.2. The molecular weight excluding hydrogens is 477 g/mol. The average Bonchev–Trinajstić information content (AvgIpc) is 2.73. The SMILES string of the molecule is CC(=O)O[C@@H]1[C@@H](OC(C)=O)[C@@H](Oc2cc(-c3cccnc3F)ccc2Cl)SC[C@H]1OC(C)=O. The average molecular weight is 498 g/mol. The summed E-state index contributed by atoms with van der Waals surface area (Å²) in [6.45, 7) is 3.61. The molecule has 1 saturated heterocycles. The first-order valence-corrected chi connectivity index (χ1v) is 11.3. The zero-order valence-corrected chi connectivity index (χ0v) is 19.5. The third-order valence-electron chi connectivity index (χ3n) is 4.55. The van der Waals surface area contributed by atoms with Crippen molar-refractivity contribution < 1.29 is 37.7 Å². The standard InChI is InChI=1S/C22H21ClFNO7S/c1-11(26)29-18-10-33-22(20(31-13(3)28)19(18)30-12(2)27)32-17-9-14(6-7-16(17)23)15-5-4-8-25-21(15)24/h4-9,18-20,22H,10H2,1-3H3/t18-,19+,20-,22+/m1/s1. The molecule has 1 aliphatic rings. The lowest BCUT2D eigenvalue weighted by Crippen LogP contribution is -2.55. The molecule has 1 aliphatic heterocycles. The minimum absolute atomic E-state index is 0.194. The van der Waals surface area contributed by atoms with E-state index in [0.29, 0.717) is 5.56 Å². The van der Waals surface area contributed by atoms with Gasteiger partial charge in [-0.25, -0.2) is 4.98 Å². The Bertz CT molecular complexity index is 1050. The zero-order valence-electron chi connectivity index (χ0n) is 17.9. The maximum atomic E-state index is 14.2. The van der Waals surface area contributed by atoms with Crippen LogP contribution in [0.4, 0.5) is 4.39 Å². The predicted octanol–water partition coefficient (Wildman–Crippen LogP) is 3.79. The van der Waals surface area contributed by atoms with Gasteiger partial charge < -0.3 is 18.9 Å². The lowest BCUT2D eigenvalue weighted by molar-refractivity contribution is -0.186. The Morgan fingerprint density at radius 1 is 1.03 bits per heavy atom. The third kappa shape index (κ3) is 6.35. The molecule has 176 valence electrons. The molecule has 0 saturated carbocycles. The molecule has 8 nitrogen and oxygen atoms in total. The van der Waals surface area contributed by atoms with Crippen LogP contribution in [0.25, 0.3) is 11.1 Å². The highest BCUT2D eigenvalue weighted by atomic mass is 35.5. The summed E-state index contributed by atoms with van der Waals surface area (Å²) in [4.78, 5) is 38.7. The highest BCUT2D eigenvalue weighted by molar-refractivity contribution is 7.99. The lowest BCUT2D eigenvalue weighted by atomic mass is 10.1. The number of hydrogen-bond acceptors (Lipinski definition) is 9. The van der Waals surface area contributed by atoms with Crippen LogP contribution in [0.2, 0.25) is 5.02 Å². The van der Waals surface area contributed by atoms with Gasteiger partial charge in [-0.15, -0.1) is 11.8 Å². The first kappa shape index (κ1) is 24.8. The Hall–Kier alpha value is -2.85. The first-order chi connectivity index (χ1) is 15.7. The molecule has 1 fully saturated rings. The quantitative estimate of drug-likeness (QED) is 0.335. The van der Waals surface area contributed by atoms with E-state index in [9.17, 15) is 18.8 Å². The van der Waals surface area contributed by atoms with E-state index in [4.69, 9.17) is 30.5 Å². The van der Waals surface area contributed by atoms with Crippen molar-refractivity contribution >= 4 is 41.3 Å². The molecule has 1 aromatic heterocycles. The Morgan fingerprint density at radius 3 is 2.33 bits per heavy atom. The topological polar surface area (TPSA) is 101 Å². The maximum Gasteiger partial charge on any atom is 0.303 e. The first-order valence-electron chi connectivity index (χ1n) is 9.86. The van der Waals surface area contributed by atoms with Gasteiger partial charge in [-0.1, -0.05) is 17.7 Å². The monoisotopic (exact) mass is 497 g/mol. The van der Waals surface area contributed by atoms with Gasteiger partial charge in [-0.2, -0.15) is 4.39 Å². The second-order valence-electron chi connectivity index (χ2n) is 7.10. The Balaban J connectivity index is 1.93. The van der Waals surface area contributed by atoms with E-state index in [1.807, 2.05) is 0 Å². The van der Waals surface area contributed by atoms with Gasteiger partial charge >= 0.3 is 17.9 Å². The van der Waals surface area contributed by atoms with E-state index in [1.54, 1.807) is 18.2 Å². The Morgan fingerprint density at radius 2 is 1.70 bits per heavy atom. The summed E-state index contributed by atoms with van der Waals surface area (Å²) in [5.41, 5.74) is -0.143. The third-order valence-corrected chi connectivity index (χ3v) is 6.08. The van der Waals surface area contributed by atoms with Gasteiger partial charge in [0.1, 0.15) is 5.75 Å². The van der Waals surface area contributed by atoms with E-state index in [1.165, 1.54) is 50.9 Å². The van der Waals surface area contributed by atoms with E-state index in [0.717, 1.165) is 0 Å². The summed E-state index contributed by atoms with van der Waals surface area (Å²) in [6.07, 6.45) is -1.72. The summed E-state index contributed by atoms with van der Waals surface area (Å²) in [5, 5.41) is 0.233. The van der Waals surface area contributed by atoms with Crippen molar-refractivity contribution in [2.45, 2.75) is 44.5 Å². The molecular formula is C22H21ClFNO7S. The highest BCUT2D eigenvalue weighted by Gasteiger charge is 2.47. The van der Waals surface area contributed by atoms with Crippen molar-refractivity contribution in [1.29, 1.82) is 0 Å². The van der Waals surface area contributed by atoms with Gasteiger partial charge in [0.2, 0.25) is 5.95 Å². The number of thioether (sulfide) groups is 1. The summed E-state index contributed by atoms with van der Waals surface area (Å²) in [5.74, 6) is -2.13. The van der Waals surface area contributed by atoms with E-state index in [-0.39, 0.29) is 22.1 Å². The van der Waals surface area contributed by atoms with Gasteiger partial charge in [-0.05, 0) is 29.8 Å². The minimum atomic E-state index is -1.11. The van der Waals surface area contributed by atoms with Crippen LogP contribution in [0, 0.1) is 5.95 Å². The van der Waals surface area contributed by atoms with Crippen LogP contribution >= 0.6 is 23.4 Å². The minimum Gasteiger partial charge on any atom is -0.474 e. The molecule has 0 N–H and O–H groups in total. The van der Waals surface area contributed by atoms with Crippen LogP contribution in [0.1, 0.15) is 20.8 Å². The van der Waals surface area contributed by atoms with E-state index in [2.05, 4.69) is 4.98 Å². The van der Waals surface area contributed by atoms with E-state index >= 15 is 0 Å². The van der Waals surface area contributed by atoms with Crippen molar-refractivity contribution in [3.63, 3.8) is 0 Å². The number of rotatable bonds is 6. The van der Waals surface area contributed by atoms with Gasteiger partial charge in [0.25, 0.3) is 0 Å². The number of aromatic nitrogens is 1. The molecule has 3 rings (SSSR count). The molecule has 0 spiro atoms. The van der Waals surface area contributed by atoms with Crippen LogP contribution in [-0.4, -0.2) is 52.4 Å². The number of pyridine rings is 1. The number of ether oxygens (including phenoxy) is 4. The Kier molecular flexibility index (Phi) is 8.15. The number of esters is 3. The number of carbonyl (C=O) groups is 3. The molecule has 1 aromatic carbocycles. The molecule has 4 atom stereocenters. The van der Waals surface area contributed by atoms with Crippen molar-refractivity contribution in [2.75, 3.05) is 5.75 Å². The Labute approximate surface area is 198 Å². The van der Waals surface area contributed by atoms with Crippen molar-refractivity contribution in [3.8, 4) is 16.9 Å². The van der Waals surface area contributed by atoms with Gasteiger partial charge in [0, 0.05) is 38.3 Å². The maximum absolute atomic E-state index is 14.2. The molecule has 0 aliphatic carbocycles. The number of halogens is 2.